The minimum Gasteiger partial charge on any atom is -0.369 e. The van der Waals surface area contributed by atoms with E-state index in [1.165, 1.54) is 141 Å². The number of hydrogen-bond donors (Lipinski definition) is 2. The number of hydrogen-bond acceptors (Lipinski definition) is 2. The van der Waals surface area contributed by atoms with Crippen molar-refractivity contribution in [2.75, 3.05) is 0 Å². The Bertz CT molecular complexity index is 579. The third-order valence-electron chi connectivity index (χ3n) is 9.83. The fourth-order valence-electron chi connectivity index (χ4n) is 6.71. The predicted molar refractivity (Wildman–Crippen MR) is 194 cm³/mol. The van der Waals surface area contributed by atoms with E-state index in [0.717, 1.165) is 63.2 Å². The smallest absolute Gasteiger partial charge is 0.220 e. The lowest BCUT2D eigenvalue weighted by Crippen LogP contribution is -2.24. The molecule has 4 N–H and O–H groups in total. The van der Waals surface area contributed by atoms with Crippen molar-refractivity contribution in [3.8, 4) is 0 Å². The highest BCUT2D eigenvalue weighted by Gasteiger charge is 2.17. The van der Waals surface area contributed by atoms with Crippen molar-refractivity contribution in [2.24, 2.45) is 35.1 Å². The fraction of sp³-hybridized carbons (Fsp3) is 0.950. The molecule has 0 heterocycles. The molecule has 0 aromatic rings. The summed E-state index contributed by atoms with van der Waals surface area (Å²) in [6.45, 7) is 9.27. The van der Waals surface area contributed by atoms with Crippen LogP contribution in [0.4, 0.5) is 0 Å². The summed E-state index contributed by atoms with van der Waals surface area (Å²) in [5.41, 5.74) is 11.5. The van der Waals surface area contributed by atoms with Crippen molar-refractivity contribution in [3.63, 3.8) is 0 Å². The van der Waals surface area contributed by atoms with E-state index >= 15 is 0 Å². The molecule has 4 nitrogen and oxygen atoms in total. The first-order valence-electron chi connectivity index (χ1n) is 19.8. The minimum atomic E-state index is -0.147. The zero-order valence-electron chi connectivity index (χ0n) is 30.5. The first-order valence-corrected chi connectivity index (χ1v) is 19.8. The maximum Gasteiger partial charge on any atom is 0.220 e. The third-order valence-corrected chi connectivity index (χ3v) is 9.83. The number of nitrogens with two attached hydrogens (primary N) is 2. The summed E-state index contributed by atoms with van der Waals surface area (Å²) in [5, 5.41) is 0. The summed E-state index contributed by atoms with van der Waals surface area (Å²) in [6, 6.07) is 0. The predicted octanol–water partition coefficient (Wildman–Crippen LogP) is 12.2. The number of unbranched alkanes of at least 4 members (excludes halogenated alkanes) is 21. The average molecular weight is 621 g/mol. The first-order chi connectivity index (χ1) is 21.2. The van der Waals surface area contributed by atoms with Gasteiger partial charge in [-0.25, -0.2) is 0 Å². The molecule has 0 rings (SSSR count). The topological polar surface area (TPSA) is 86.2 Å². The van der Waals surface area contributed by atoms with Crippen LogP contribution in [0.2, 0.25) is 0 Å². The lowest BCUT2D eigenvalue weighted by molar-refractivity contribution is -0.123. The molecular weight excluding hydrogens is 540 g/mol. The van der Waals surface area contributed by atoms with E-state index in [0.29, 0.717) is 0 Å². The van der Waals surface area contributed by atoms with Crippen molar-refractivity contribution in [3.05, 3.63) is 0 Å². The van der Waals surface area contributed by atoms with Gasteiger partial charge < -0.3 is 11.5 Å². The molecule has 0 aromatic carbocycles. The van der Waals surface area contributed by atoms with Crippen LogP contribution in [-0.4, -0.2) is 11.8 Å². The van der Waals surface area contributed by atoms with Crippen molar-refractivity contribution >= 4 is 11.8 Å². The van der Waals surface area contributed by atoms with Gasteiger partial charge in [0.05, 0.1) is 0 Å². The second-order valence-electron chi connectivity index (χ2n) is 15.2. The number of carbonyl (C=O) groups is 2. The van der Waals surface area contributed by atoms with Crippen LogP contribution in [-0.2, 0) is 9.59 Å². The molecule has 0 saturated carbocycles. The van der Waals surface area contributed by atoms with E-state index in [-0.39, 0.29) is 23.7 Å². The molecule has 0 fully saturated rings. The summed E-state index contributed by atoms with van der Waals surface area (Å²) >= 11 is 0. The number of rotatable bonds is 35. The standard InChI is InChI=1S/C40H80N2O2/c1-35(2)29-23-19-15-11-7-5-9-13-17-21-25-31-37(39(41)43)33-27-28-34-38(40(42)44)32-26-22-18-14-10-6-8-12-16-20-24-30-36(3)4/h35-38H,5-34H2,1-4H3,(H2,41,43)(H2,42,44). The molecule has 262 valence electrons. The molecule has 0 aliphatic heterocycles. The molecule has 0 aliphatic rings. The van der Waals surface area contributed by atoms with Gasteiger partial charge in [0.1, 0.15) is 0 Å². The Balaban J connectivity index is 3.73. The van der Waals surface area contributed by atoms with Gasteiger partial charge in [-0.05, 0) is 37.5 Å². The molecule has 2 atom stereocenters. The Morgan fingerprint density at radius 3 is 0.659 bits per heavy atom. The van der Waals surface area contributed by atoms with Crippen molar-refractivity contribution in [1.29, 1.82) is 0 Å². The van der Waals surface area contributed by atoms with Gasteiger partial charge in [0.25, 0.3) is 0 Å². The molecule has 2 unspecified atom stereocenters. The van der Waals surface area contributed by atoms with E-state index in [1.807, 2.05) is 0 Å². The number of amides is 2. The summed E-state index contributed by atoms with van der Waals surface area (Å²) in [4.78, 5) is 24.0. The van der Waals surface area contributed by atoms with Crippen molar-refractivity contribution < 1.29 is 9.59 Å². The second-order valence-corrected chi connectivity index (χ2v) is 15.2. The van der Waals surface area contributed by atoms with Crippen LogP contribution in [0.15, 0.2) is 0 Å². The normalized spacial score (nSPS) is 13.1. The zero-order chi connectivity index (χ0) is 32.7. The molecule has 2 amide bonds. The lowest BCUT2D eigenvalue weighted by Gasteiger charge is -2.15. The molecule has 0 radical (unpaired) electrons. The van der Waals surface area contributed by atoms with Crippen LogP contribution in [0.3, 0.4) is 0 Å². The van der Waals surface area contributed by atoms with Crippen LogP contribution < -0.4 is 11.5 Å². The maximum atomic E-state index is 12.0. The molecule has 0 saturated heterocycles. The Morgan fingerprint density at radius 1 is 0.318 bits per heavy atom. The van der Waals surface area contributed by atoms with Crippen LogP contribution >= 0.6 is 0 Å². The Morgan fingerprint density at radius 2 is 0.477 bits per heavy atom. The molecule has 4 heteroatoms. The number of primary amides is 2. The van der Waals surface area contributed by atoms with E-state index < -0.39 is 0 Å². The van der Waals surface area contributed by atoms with Crippen LogP contribution in [0, 0.1) is 23.7 Å². The lowest BCUT2D eigenvalue weighted by atomic mass is 9.90. The van der Waals surface area contributed by atoms with Crippen LogP contribution in [0.5, 0.6) is 0 Å². The van der Waals surface area contributed by atoms with Gasteiger partial charge in [0.2, 0.25) is 11.8 Å². The molecular formula is C40H80N2O2. The fourth-order valence-corrected chi connectivity index (χ4v) is 6.71. The molecule has 0 bridgehead atoms. The van der Waals surface area contributed by atoms with Gasteiger partial charge in [-0.2, -0.15) is 0 Å². The van der Waals surface area contributed by atoms with Gasteiger partial charge in [-0.15, -0.1) is 0 Å². The van der Waals surface area contributed by atoms with E-state index in [4.69, 9.17) is 11.5 Å². The number of carbonyl (C=O) groups excluding carboxylic acids is 2. The minimum absolute atomic E-state index is 0.0115. The first kappa shape index (κ1) is 42.9. The Kier molecular flexibility index (Phi) is 31.1. The highest BCUT2D eigenvalue weighted by molar-refractivity contribution is 5.77. The summed E-state index contributed by atoms with van der Waals surface area (Å²) in [7, 11) is 0. The molecule has 44 heavy (non-hydrogen) atoms. The largest absolute Gasteiger partial charge is 0.369 e. The maximum absolute atomic E-state index is 12.0. The van der Waals surface area contributed by atoms with Crippen LogP contribution in [0.25, 0.3) is 0 Å². The van der Waals surface area contributed by atoms with E-state index in [9.17, 15) is 9.59 Å². The van der Waals surface area contributed by atoms with E-state index in [1.54, 1.807) is 0 Å². The Hall–Kier alpha value is -1.06. The highest BCUT2D eigenvalue weighted by Crippen LogP contribution is 2.22. The van der Waals surface area contributed by atoms with Gasteiger partial charge in [-0.1, -0.05) is 195 Å². The quantitative estimate of drug-likeness (QED) is 0.0690. The van der Waals surface area contributed by atoms with Crippen molar-refractivity contribution in [1.82, 2.24) is 0 Å². The zero-order valence-corrected chi connectivity index (χ0v) is 30.5. The van der Waals surface area contributed by atoms with Gasteiger partial charge >= 0.3 is 0 Å². The van der Waals surface area contributed by atoms with Gasteiger partial charge in [0.15, 0.2) is 0 Å². The highest BCUT2D eigenvalue weighted by atomic mass is 16.1. The second kappa shape index (κ2) is 31.9. The average Bonchev–Trinajstić information content (AvgIpc) is 2.96. The molecule has 0 aromatic heterocycles. The molecule has 0 aliphatic carbocycles. The summed E-state index contributed by atoms with van der Waals surface area (Å²) < 4.78 is 0. The van der Waals surface area contributed by atoms with Crippen LogP contribution in [0.1, 0.15) is 220 Å². The Labute approximate surface area is 276 Å². The van der Waals surface area contributed by atoms with Gasteiger partial charge in [-0.3, -0.25) is 9.59 Å². The monoisotopic (exact) mass is 621 g/mol. The van der Waals surface area contributed by atoms with Crippen molar-refractivity contribution in [2.45, 2.75) is 220 Å². The third kappa shape index (κ3) is 30.9. The molecule has 0 spiro atoms. The van der Waals surface area contributed by atoms with Gasteiger partial charge in [0, 0.05) is 11.8 Å². The summed E-state index contributed by atoms with van der Waals surface area (Å²) in [6.07, 6.45) is 37.5. The SMILES string of the molecule is CC(C)CCCCCCCCCCCCCC(CCCCC(CCCCCCCCCCCCCC(C)C)C(N)=O)C(N)=O. The van der Waals surface area contributed by atoms with E-state index in [2.05, 4.69) is 27.7 Å². The summed E-state index contributed by atoms with van der Waals surface area (Å²) in [5.74, 6) is 1.38.